The molecule has 0 bridgehead atoms. The molecule has 6 aliphatic rings. The van der Waals surface area contributed by atoms with Crippen molar-refractivity contribution < 1.29 is 46.4 Å². The first-order valence-corrected chi connectivity index (χ1v) is 15.5. The van der Waals surface area contributed by atoms with Gasteiger partial charge < -0.3 is 19.7 Å². The molecule has 2 heterocycles. The van der Waals surface area contributed by atoms with E-state index in [-0.39, 0.29) is 54.4 Å². The monoisotopic (exact) mass is 568 g/mol. The molecule has 0 radical (unpaired) electrons. The summed E-state index contributed by atoms with van der Waals surface area (Å²) in [5, 5.41) is 24.3. The van der Waals surface area contributed by atoms with Crippen LogP contribution in [0.5, 0.6) is 0 Å². The highest BCUT2D eigenvalue weighted by atomic mass is 32.3. The Kier molecular flexibility index (Phi) is 5.95. The Morgan fingerprint density at radius 3 is 2.36 bits per heavy atom. The lowest BCUT2D eigenvalue weighted by molar-refractivity contribution is -0.215. The van der Waals surface area contributed by atoms with Gasteiger partial charge in [0.2, 0.25) is 0 Å². The van der Waals surface area contributed by atoms with Crippen molar-refractivity contribution in [1.82, 2.24) is 0 Å². The molecule has 1 saturated heterocycles. The van der Waals surface area contributed by atoms with Gasteiger partial charge in [-0.1, -0.05) is 19.4 Å². The Morgan fingerprint density at radius 2 is 1.72 bits per heavy atom. The summed E-state index contributed by atoms with van der Waals surface area (Å²) < 4.78 is 48.6. The number of rotatable bonds is 4. The molecule has 4 saturated carbocycles. The second-order valence-electron chi connectivity index (χ2n) is 13.7. The lowest BCUT2D eigenvalue weighted by atomic mass is 9.42. The van der Waals surface area contributed by atoms with Gasteiger partial charge in [-0.05, 0) is 69.6 Å². The van der Waals surface area contributed by atoms with Gasteiger partial charge in [0.1, 0.15) is 23.6 Å². The summed E-state index contributed by atoms with van der Waals surface area (Å²) in [4.78, 5) is 26.2. The molecule has 1 unspecified atom stereocenters. The topological polar surface area (TPSA) is 160 Å². The zero-order valence-electron chi connectivity index (χ0n) is 23.2. The molecule has 2 aliphatic heterocycles. The fourth-order valence-electron chi connectivity index (χ4n) is 9.88. The summed E-state index contributed by atoms with van der Waals surface area (Å²) >= 11 is 0. The predicted octanol–water partition coefficient (Wildman–Crippen LogP) is 2.52. The number of aliphatic hydroxyl groups is 2. The third kappa shape index (κ3) is 3.59. The number of hydrogen-bond donors (Lipinski definition) is 3. The van der Waals surface area contributed by atoms with Crippen LogP contribution in [0.2, 0.25) is 0 Å². The molecule has 10 nitrogen and oxygen atoms in total. The number of ketones is 1. The molecule has 0 aromatic carbocycles. The average Bonchev–Trinajstić information content (AvgIpc) is 3.59. The molecule has 0 amide bonds. The largest absolute Gasteiger partial charge is 0.458 e. The van der Waals surface area contributed by atoms with Crippen LogP contribution >= 0.6 is 0 Å². The van der Waals surface area contributed by atoms with Crippen molar-refractivity contribution in [3.05, 3.63) is 11.1 Å². The number of epoxide rings is 1. The maximum atomic E-state index is 13.7. The molecule has 3 N–H and O–H groups in total. The molecule has 0 aromatic rings. The van der Waals surface area contributed by atoms with Crippen molar-refractivity contribution in [2.75, 3.05) is 0 Å². The van der Waals surface area contributed by atoms with Crippen LogP contribution in [0.15, 0.2) is 11.1 Å². The quantitative estimate of drug-likeness (QED) is 0.261. The van der Waals surface area contributed by atoms with Gasteiger partial charge in [-0.2, -0.15) is 8.42 Å². The number of cyclic esters (lactones) is 1. The van der Waals surface area contributed by atoms with Crippen molar-refractivity contribution in [3.8, 4) is 0 Å². The molecule has 11 heteroatoms. The molecular weight excluding hydrogens is 528 g/mol. The zero-order chi connectivity index (χ0) is 28.5. The first-order valence-electron chi connectivity index (χ1n) is 14.1. The standard InChI is InChI=1S/C28H40O10S/c1-13-10-19(36-24(30)14(13)2)15(3)27(31)9-7-17-21-18(6-8-25(17,27)4)26(5)20(29)11-16(38-39(33,34)35)12-28(26,32)23-22(21)37-23/h15-19,21-23,31-32H,6-12H2,1-5H3,(H,33,34,35)/t15-,16+,17+,18+,19?,21+,22+,23+,25+,26+,27+,28+/m1/s1. The fraction of sp³-hybridized carbons (Fsp3) is 0.857. The third-order valence-electron chi connectivity index (χ3n) is 12.4. The maximum absolute atomic E-state index is 13.7. The summed E-state index contributed by atoms with van der Waals surface area (Å²) in [7, 11) is -4.79. The average molecular weight is 569 g/mol. The van der Waals surface area contributed by atoms with Gasteiger partial charge >= 0.3 is 16.4 Å². The summed E-state index contributed by atoms with van der Waals surface area (Å²) in [6, 6.07) is 0. The first kappa shape index (κ1) is 27.8. The number of ether oxygens (including phenoxy) is 2. The normalized spacial score (nSPS) is 51.8. The molecule has 218 valence electrons. The lowest BCUT2D eigenvalue weighted by Gasteiger charge is -2.62. The minimum absolute atomic E-state index is 0.0392. The van der Waals surface area contributed by atoms with E-state index < -0.39 is 50.7 Å². The van der Waals surface area contributed by atoms with Crippen LogP contribution in [0, 0.1) is 34.5 Å². The van der Waals surface area contributed by atoms with Crippen LogP contribution in [-0.2, 0) is 33.6 Å². The molecule has 39 heavy (non-hydrogen) atoms. The predicted molar refractivity (Wildman–Crippen MR) is 136 cm³/mol. The molecule has 4 aliphatic carbocycles. The van der Waals surface area contributed by atoms with Crippen molar-refractivity contribution in [1.29, 1.82) is 0 Å². The summed E-state index contributed by atoms with van der Waals surface area (Å²) in [5.74, 6) is -1.13. The van der Waals surface area contributed by atoms with Crippen molar-refractivity contribution >= 4 is 22.2 Å². The molecule has 5 fully saturated rings. The number of fused-ring (bicyclic) bond motifs is 8. The van der Waals surface area contributed by atoms with E-state index in [0.717, 1.165) is 12.0 Å². The molecular formula is C28H40O10S. The van der Waals surface area contributed by atoms with E-state index in [4.69, 9.17) is 13.7 Å². The fourth-order valence-corrected chi connectivity index (χ4v) is 10.4. The van der Waals surface area contributed by atoms with Crippen LogP contribution < -0.4 is 0 Å². The van der Waals surface area contributed by atoms with E-state index in [2.05, 4.69) is 6.92 Å². The smallest absolute Gasteiger partial charge is 0.397 e. The lowest BCUT2D eigenvalue weighted by Crippen LogP contribution is -2.70. The van der Waals surface area contributed by atoms with Gasteiger partial charge in [0.05, 0.1) is 23.2 Å². The molecule has 12 atom stereocenters. The SMILES string of the molecule is CC1=C(C)C(=O)OC([C@@H](C)[C@@]2(O)CC[C@H]3[C@@H]4[C@@H]5O[C@@H]5[C@@]5(O)C[C@@H](OS(=O)(=O)O)CC(=O)[C@]5(C)[C@H]4CC[C@@]32C)C1. The highest BCUT2D eigenvalue weighted by molar-refractivity contribution is 7.80. The second kappa shape index (κ2) is 8.35. The summed E-state index contributed by atoms with van der Waals surface area (Å²) in [5.41, 5.74) is -2.75. The van der Waals surface area contributed by atoms with Crippen molar-refractivity contribution in [2.24, 2.45) is 34.5 Å². The van der Waals surface area contributed by atoms with Crippen LogP contribution in [-0.4, -0.2) is 70.6 Å². The van der Waals surface area contributed by atoms with Gasteiger partial charge in [-0.3, -0.25) is 9.35 Å². The zero-order valence-corrected chi connectivity index (χ0v) is 24.0. The minimum Gasteiger partial charge on any atom is -0.458 e. The van der Waals surface area contributed by atoms with E-state index in [1.54, 1.807) is 13.8 Å². The number of carbonyl (C=O) groups is 2. The van der Waals surface area contributed by atoms with Crippen LogP contribution in [0.1, 0.15) is 79.6 Å². The number of esters is 1. The van der Waals surface area contributed by atoms with Crippen LogP contribution in [0.25, 0.3) is 0 Å². The Bertz CT molecular complexity index is 1260. The minimum atomic E-state index is -4.79. The first-order chi connectivity index (χ1) is 18.0. The van der Waals surface area contributed by atoms with E-state index in [1.165, 1.54) is 0 Å². The third-order valence-corrected chi connectivity index (χ3v) is 12.9. The van der Waals surface area contributed by atoms with Crippen molar-refractivity contribution in [3.63, 3.8) is 0 Å². The van der Waals surface area contributed by atoms with Gasteiger partial charge in [-0.15, -0.1) is 0 Å². The van der Waals surface area contributed by atoms with Crippen molar-refractivity contribution in [2.45, 2.75) is 115 Å². The van der Waals surface area contributed by atoms with E-state index >= 15 is 0 Å². The number of Topliss-reactive ketones (excluding diaryl/α,β-unsaturated/α-hetero) is 1. The van der Waals surface area contributed by atoms with E-state index in [0.29, 0.717) is 31.3 Å². The Labute approximate surface area is 229 Å². The van der Waals surface area contributed by atoms with E-state index in [1.807, 2.05) is 13.8 Å². The summed E-state index contributed by atoms with van der Waals surface area (Å²) in [6.07, 6.45) is 0.220. The van der Waals surface area contributed by atoms with Gasteiger partial charge in [-0.25, -0.2) is 8.98 Å². The summed E-state index contributed by atoms with van der Waals surface area (Å²) in [6.45, 7) is 9.57. The number of hydrogen-bond acceptors (Lipinski definition) is 9. The van der Waals surface area contributed by atoms with E-state index in [9.17, 15) is 32.8 Å². The second-order valence-corrected chi connectivity index (χ2v) is 14.7. The highest BCUT2D eigenvalue weighted by Gasteiger charge is 2.80. The van der Waals surface area contributed by atoms with Gasteiger partial charge in [0.25, 0.3) is 0 Å². The Morgan fingerprint density at radius 1 is 1.05 bits per heavy atom. The number of carbonyl (C=O) groups excluding carboxylic acids is 2. The Hall–Kier alpha value is -1.37. The molecule has 0 aromatic heterocycles. The highest BCUT2D eigenvalue weighted by Crippen LogP contribution is 2.73. The van der Waals surface area contributed by atoms with Crippen LogP contribution in [0.4, 0.5) is 0 Å². The van der Waals surface area contributed by atoms with Crippen LogP contribution in [0.3, 0.4) is 0 Å². The Balaban J connectivity index is 1.30. The molecule has 6 rings (SSSR count). The maximum Gasteiger partial charge on any atom is 0.397 e. The van der Waals surface area contributed by atoms with Gasteiger partial charge in [0, 0.05) is 30.8 Å². The molecule has 0 spiro atoms. The van der Waals surface area contributed by atoms with Gasteiger partial charge in [0.15, 0.2) is 0 Å².